The third-order valence-corrected chi connectivity index (χ3v) is 4.86. The van der Waals surface area contributed by atoms with Crippen LogP contribution < -0.4 is 4.74 Å². The van der Waals surface area contributed by atoms with Crippen molar-refractivity contribution >= 4 is 5.91 Å². The number of aliphatic hydroxyl groups is 1. The zero-order chi connectivity index (χ0) is 18.7. The van der Waals surface area contributed by atoms with Gasteiger partial charge >= 0.3 is 0 Å². The van der Waals surface area contributed by atoms with Gasteiger partial charge in [-0.1, -0.05) is 18.2 Å². The second kappa shape index (κ2) is 7.91. The molecule has 1 N–H and O–H groups in total. The van der Waals surface area contributed by atoms with Crippen molar-refractivity contribution in [1.29, 1.82) is 0 Å². The second-order valence-corrected chi connectivity index (χ2v) is 7.25. The summed E-state index contributed by atoms with van der Waals surface area (Å²) >= 11 is 0. The highest BCUT2D eigenvalue weighted by atomic mass is 16.5. The van der Waals surface area contributed by atoms with E-state index < -0.39 is 0 Å². The van der Waals surface area contributed by atoms with E-state index in [1.807, 2.05) is 62.5 Å². The lowest BCUT2D eigenvalue weighted by molar-refractivity contribution is -0.129. The Balaban J connectivity index is 1.71. The number of nitrogens with zero attached hydrogens (tertiary/aromatic N) is 3. The Morgan fingerprint density at radius 2 is 2.12 bits per heavy atom. The van der Waals surface area contributed by atoms with E-state index in [0.29, 0.717) is 19.5 Å². The summed E-state index contributed by atoms with van der Waals surface area (Å²) in [6, 6.07) is 7.69. The third kappa shape index (κ3) is 4.07. The molecule has 2 atom stereocenters. The first-order chi connectivity index (χ1) is 12.5. The third-order valence-electron chi connectivity index (χ3n) is 4.86. The molecule has 1 aromatic heterocycles. The highest BCUT2D eigenvalue weighted by molar-refractivity contribution is 5.80. The molecule has 1 aliphatic rings. The van der Waals surface area contributed by atoms with Gasteiger partial charge in [0.2, 0.25) is 5.91 Å². The van der Waals surface area contributed by atoms with Gasteiger partial charge in [0.1, 0.15) is 5.75 Å². The molecule has 6 nitrogen and oxygen atoms in total. The number of para-hydroxylation sites is 1. The Bertz CT molecular complexity index is 756. The minimum Gasteiger partial charge on any atom is -0.491 e. The summed E-state index contributed by atoms with van der Waals surface area (Å²) in [6.07, 6.45) is 4.16. The molecule has 140 valence electrons. The van der Waals surface area contributed by atoms with Crippen LogP contribution in [0.1, 0.15) is 30.9 Å². The Hall–Kier alpha value is -2.34. The van der Waals surface area contributed by atoms with Crippen molar-refractivity contribution in [3.05, 3.63) is 47.8 Å². The maximum atomic E-state index is 12.9. The maximum absolute atomic E-state index is 12.9. The molecule has 1 amide bonds. The normalized spacial score (nSPS) is 20.0. The van der Waals surface area contributed by atoms with Crippen molar-refractivity contribution in [1.82, 2.24) is 14.7 Å². The number of carbonyl (C=O) groups is 1. The zero-order valence-electron chi connectivity index (χ0n) is 15.6. The fourth-order valence-corrected chi connectivity index (χ4v) is 3.56. The van der Waals surface area contributed by atoms with Gasteiger partial charge < -0.3 is 14.7 Å². The SMILES string of the molecule is CC(C)Oc1ccccc1CC(=O)N1C[C@@H](CO)[C@H](c2cnn(C)c2)C1. The van der Waals surface area contributed by atoms with Crippen LogP contribution >= 0.6 is 0 Å². The molecule has 0 radical (unpaired) electrons. The number of amides is 1. The van der Waals surface area contributed by atoms with Crippen LogP contribution in [0.5, 0.6) is 5.75 Å². The summed E-state index contributed by atoms with van der Waals surface area (Å²) < 4.78 is 7.58. The van der Waals surface area contributed by atoms with E-state index in [0.717, 1.165) is 16.9 Å². The van der Waals surface area contributed by atoms with Crippen LogP contribution in [-0.2, 0) is 18.3 Å². The number of aliphatic hydroxyl groups excluding tert-OH is 1. The number of rotatable bonds is 6. The Morgan fingerprint density at radius 3 is 2.77 bits per heavy atom. The number of ether oxygens (including phenoxy) is 1. The molecule has 26 heavy (non-hydrogen) atoms. The molecule has 0 bridgehead atoms. The van der Waals surface area contributed by atoms with E-state index in [1.165, 1.54) is 0 Å². The van der Waals surface area contributed by atoms with E-state index in [-0.39, 0.29) is 30.5 Å². The molecule has 0 aliphatic carbocycles. The highest BCUT2D eigenvalue weighted by Crippen LogP contribution is 2.33. The molecule has 3 rings (SSSR count). The van der Waals surface area contributed by atoms with Crippen LogP contribution in [0.25, 0.3) is 0 Å². The van der Waals surface area contributed by atoms with E-state index >= 15 is 0 Å². The minimum absolute atomic E-state index is 0.0466. The maximum Gasteiger partial charge on any atom is 0.227 e. The van der Waals surface area contributed by atoms with Crippen LogP contribution in [0.15, 0.2) is 36.7 Å². The lowest BCUT2D eigenvalue weighted by Gasteiger charge is -2.18. The molecule has 2 aromatic rings. The predicted octanol–water partition coefficient (Wildman–Crippen LogP) is 1.98. The molecule has 1 fully saturated rings. The van der Waals surface area contributed by atoms with Gasteiger partial charge in [-0.15, -0.1) is 0 Å². The first kappa shape index (κ1) is 18.5. The summed E-state index contributed by atoms with van der Waals surface area (Å²) in [7, 11) is 1.88. The number of carbonyl (C=O) groups excluding carboxylic acids is 1. The van der Waals surface area contributed by atoms with Crippen molar-refractivity contribution in [3.8, 4) is 5.75 Å². The van der Waals surface area contributed by atoms with Crippen molar-refractivity contribution in [2.24, 2.45) is 13.0 Å². The largest absolute Gasteiger partial charge is 0.491 e. The van der Waals surface area contributed by atoms with E-state index in [9.17, 15) is 9.90 Å². The van der Waals surface area contributed by atoms with Gasteiger partial charge in [0.05, 0.1) is 18.7 Å². The van der Waals surface area contributed by atoms with Crippen LogP contribution in [0.4, 0.5) is 0 Å². The fraction of sp³-hybridized carbons (Fsp3) is 0.500. The number of benzene rings is 1. The van der Waals surface area contributed by atoms with Crippen LogP contribution in [0.3, 0.4) is 0 Å². The summed E-state index contributed by atoms with van der Waals surface area (Å²) in [5.74, 6) is 0.998. The fourth-order valence-electron chi connectivity index (χ4n) is 3.56. The minimum atomic E-state index is 0.0466. The van der Waals surface area contributed by atoms with Gasteiger partial charge in [0, 0.05) is 50.3 Å². The van der Waals surface area contributed by atoms with Crippen LogP contribution in [0.2, 0.25) is 0 Å². The number of aryl methyl sites for hydroxylation is 1. The summed E-state index contributed by atoms with van der Waals surface area (Å²) in [4.78, 5) is 14.7. The van der Waals surface area contributed by atoms with Crippen molar-refractivity contribution in [2.45, 2.75) is 32.3 Å². The van der Waals surface area contributed by atoms with Crippen LogP contribution in [0, 0.1) is 5.92 Å². The summed E-state index contributed by atoms with van der Waals surface area (Å²) in [5, 5.41) is 14.0. The zero-order valence-corrected chi connectivity index (χ0v) is 15.6. The second-order valence-electron chi connectivity index (χ2n) is 7.25. The van der Waals surface area contributed by atoms with Gasteiger partial charge in [-0.05, 0) is 25.5 Å². The smallest absolute Gasteiger partial charge is 0.227 e. The molecule has 1 aromatic carbocycles. The van der Waals surface area contributed by atoms with Crippen molar-refractivity contribution in [3.63, 3.8) is 0 Å². The number of likely N-dealkylation sites (tertiary alicyclic amines) is 1. The van der Waals surface area contributed by atoms with E-state index in [1.54, 1.807) is 4.68 Å². The van der Waals surface area contributed by atoms with Gasteiger partial charge in [0.15, 0.2) is 0 Å². The van der Waals surface area contributed by atoms with Crippen molar-refractivity contribution < 1.29 is 14.6 Å². The highest BCUT2D eigenvalue weighted by Gasteiger charge is 2.36. The summed E-state index contributed by atoms with van der Waals surface area (Å²) in [6.45, 7) is 5.20. The van der Waals surface area contributed by atoms with Gasteiger partial charge in [-0.25, -0.2) is 0 Å². The lowest BCUT2D eigenvalue weighted by atomic mass is 9.92. The van der Waals surface area contributed by atoms with Gasteiger partial charge in [-0.2, -0.15) is 5.10 Å². The molecule has 1 saturated heterocycles. The number of hydrogen-bond acceptors (Lipinski definition) is 4. The molecule has 0 saturated carbocycles. The van der Waals surface area contributed by atoms with Crippen LogP contribution in [-0.4, -0.2) is 51.5 Å². The molecule has 2 heterocycles. The molecular weight excluding hydrogens is 330 g/mol. The van der Waals surface area contributed by atoms with E-state index in [2.05, 4.69) is 5.10 Å². The van der Waals surface area contributed by atoms with Gasteiger partial charge in [-0.3, -0.25) is 9.48 Å². The first-order valence-electron chi connectivity index (χ1n) is 9.09. The molecular formula is C20H27N3O3. The topological polar surface area (TPSA) is 67.6 Å². The Kier molecular flexibility index (Phi) is 5.61. The standard InChI is InChI=1S/C20H27N3O3/c1-14(2)26-19-7-5-4-6-15(19)8-20(25)23-11-17(13-24)18(12-23)16-9-21-22(3)10-16/h4-7,9-10,14,17-18,24H,8,11-13H2,1-3H3/t17-,18-/m0/s1. The Labute approximate surface area is 154 Å². The monoisotopic (exact) mass is 357 g/mol. The number of aromatic nitrogens is 2. The first-order valence-corrected chi connectivity index (χ1v) is 9.09. The average Bonchev–Trinajstić information content (AvgIpc) is 3.22. The van der Waals surface area contributed by atoms with Gasteiger partial charge in [0.25, 0.3) is 0 Å². The average molecular weight is 357 g/mol. The molecule has 6 heteroatoms. The lowest BCUT2D eigenvalue weighted by Crippen LogP contribution is -2.30. The predicted molar refractivity (Wildman–Crippen MR) is 99.0 cm³/mol. The molecule has 0 unspecified atom stereocenters. The molecule has 1 aliphatic heterocycles. The van der Waals surface area contributed by atoms with E-state index in [4.69, 9.17) is 4.74 Å². The number of hydrogen-bond donors (Lipinski definition) is 1. The summed E-state index contributed by atoms with van der Waals surface area (Å²) in [5.41, 5.74) is 1.97. The van der Waals surface area contributed by atoms with Crippen molar-refractivity contribution in [2.75, 3.05) is 19.7 Å². The molecule has 0 spiro atoms. The Morgan fingerprint density at radius 1 is 1.35 bits per heavy atom. The quantitative estimate of drug-likeness (QED) is 0.858.